The molecule has 5 atom stereocenters. The van der Waals surface area contributed by atoms with Gasteiger partial charge >= 0.3 is 0 Å². The Morgan fingerprint density at radius 1 is 1.15 bits per heavy atom. The van der Waals surface area contributed by atoms with Crippen molar-refractivity contribution in [2.24, 2.45) is 0 Å². The Balaban J connectivity index is 1.34. The fraction of sp³-hybridized carbons (Fsp3) is 0.450. The van der Waals surface area contributed by atoms with Gasteiger partial charge in [-0.25, -0.2) is 15.0 Å². The molecule has 0 aliphatic carbocycles. The minimum absolute atomic E-state index is 0.0277. The van der Waals surface area contributed by atoms with Crippen LogP contribution in [0, 0.1) is 0 Å². The molecule has 0 amide bonds. The van der Waals surface area contributed by atoms with E-state index in [-0.39, 0.29) is 18.0 Å². The maximum atomic E-state index is 10.3. The van der Waals surface area contributed by atoms with Crippen molar-refractivity contribution < 1.29 is 30.3 Å². The van der Waals surface area contributed by atoms with Gasteiger partial charge in [0.15, 0.2) is 23.2 Å². The van der Waals surface area contributed by atoms with E-state index in [0.29, 0.717) is 35.6 Å². The van der Waals surface area contributed by atoms with E-state index in [1.165, 1.54) is 29.4 Å². The standard InChI is InChI=1S/C20H27N7O6/c21-11-5-10(1-2-12(11)29)13(30)6-22-3-4-23-18-15-19(25-8-24-18)27(9-26-15)20-17(32)16(31)14(7-28)33-20/h1-2,5,8-9,13-14,16-17,20,22,28-32H,3-4,6-7,21H2,(H,23,24,25)/t13?,14-,16-,17-,20-/m1/s1. The molecular weight excluding hydrogens is 434 g/mol. The number of imidazole rings is 1. The number of aromatic hydroxyl groups is 1. The summed E-state index contributed by atoms with van der Waals surface area (Å²) in [4.78, 5) is 12.7. The second kappa shape index (κ2) is 9.82. The molecule has 0 saturated carbocycles. The van der Waals surface area contributed by atoms with Crippen molar-refractivity contribution >= 4 is 22.7 Å². The largest absolute Gasteiger partial charge is 0.506 e. The number of anilines is 2. The molecule has 2 aromatic heterocycles. The fourth-order valence-corrected chi connectivity index (χ4v) is 3.68. The van der Waals surface area contributed by atoms with Crippen molar-refractivity contribution in [1.82, 2.24) is 24.8 Å². The van der Waals surface area contributed by atoms with E-state index >= 15 is 0 Å². The predicted octanol–water partition coefficient (Wildman–Crippen LogP) is -1.54. The molecule has 1 saturated heterocycles. The van der Waals surface area contributed by atoms with Crippen LogP contribution in [0.15, 0.2) is 30.9 Å². The van der Waals surface area contributed by atoms with Gasteiger partial charge in [0.1, 0.15) is 30.4 Å². The van der Waals surface area contributed by atoms with Crippen LogP contribution < -0.4 is 16.4 Å². The lowest BCUT2D eigenvalue weighted by atomic mass is 10.1. The number of nitrogens with one attached hydrogen (secondary N) is 2. The molecule has 1 aliphatic heterocycles. The molecule has 0 spiro atoms. The number of hydrogen-bond acceptors (Lipinski definition) is 12. The molecule has 4 rings (SSSR count). The van der Waals surface area contributed by atoms with Gasteiger partial charge in [-0.05, 0) is 17.7 Å². The van der Waals surface area contributed by atoms with Gasteiger partial charge in [-0.1, -0.05) is 6.07 Å². The van der Waals surface area contributed by atoms with Crippen molar-refractivity contribution in [2.75, 3.05) is 37.3 Å². The highest BCUT2D eigenvalue weighted by molar-refractivity contribution is 5.82. The summed E-state index contributed by atoms with van der Waals surface area (Å²) in [6.07, 6.45) is -2.32. The van der Waals surface area contributed by atoms with Gasteiger partial charge in [-0.2, -0.15) is 0 Å². The van der Waals surface area contributed by atoms with Crippen LogP contribution in [0.3, 0.4) is 0 Å². The lowest BCUT2D eigenvalue weighted by molar-refractivity contribution is -0.0511. The number of aliphatic hydroxyl groups excluding tert-OH is 4. The molecular formula is C20H27N7O6. The molecule has 13 heteroatoms. The summed E-state index contributed by atoms with van der Waals surface area (Å²) < 4.78 is 7.04. The van der Waals surface area contributed by atoms with E-state index in [2.05, 4.69) is 25.6 Å². The molecule has 0 radical (unpaired) electrons. The molecule has 1 unspecified atom stereocenters. The normalized spacial score (nSPS) is 23.8. The molecule has 33 heavy (non-hydrogen) atoms. The number of rotatable bonds is 9. The van der Waals surface area contributed by atoms with Crippen molar-refractivity contribution in [3.8, 4) is 5.75 Å². The van der Waals surface area contributed by atoms with E-state index in [0.717, 1.165) is 0 Å². The Kier molecular flexibility index (Phi) is 6.88. The number of phenolic OH excluding ortho intramolecular Hbond substituents is 1. The zero-order valence-electron chi connectivity index (χ0n) is 17.6. The number of nitrogens with two attached hydrogens (primary N) is 1. The summed E-state index contributed by atoms with van der Waals surface area (Å²) in [5, 5.41) is 55.6. The van der Waals surface area contributed by atoms with Crippen LogP contribution in [0.4, 0.5) is 11.5 Å². The minimum Gasteiger partial charge on any atom is -0.506 e. The van der Waals surface area contributed by atoms with Gasteiger partial charge in [-0.15, -0.1) is 0 Å². The second-order valence-electron chi connectivity index (χ2n) is 7.74. The fourth-order valence-electron chi connectivity index (χ4n) is 3.68. The van der Waals surface area contributed by atoms with Crippen molar-refractivity contribution in [2.45, 2.75) is 30.6 Å². The highest BCUT2D eigenvalue weighted by Crippen LogP contribution is 2.32. The summed E-state index contributed by atoms with van der Waals surface area (Å²) in [5.74, 6) is 0.444. The van der Waals surface area contributed by atoms with Crippen LogP contribution in [0.25, 0.3) is 11.2 Å². The lowest BCUT2D eigenvalue weighted by Crippen LogP contribution is -2.33. The quantitative estimate of drug-likeness (QED) is 0.104. The Labute approximate surface area is 188 Å². The van der Waals surface area contributed by atoms with Crippen LogP contribution >= 0.6 is 0 Å². The predicted molar refractivity (Wildman–Crippen MR) is 117 cm³/mol. The van der Waals surface area contributed by atoms with Gasteiger partial charge in [0, 0.05) is 19.6 Å². The molecule has 1 aromatic carbocycles. The van der Waals surface area contributed by atoms with Gasteiger partial charge in [0.05, 0.1) is 24.7 Å². The van der Waals surface area contributed by atoms with Crippen molar-refractivity contribution in [3.05, 3.63) is 36.4 Å². The van der Waals surface area contributed by atoms with E-state index in [1.54, 1.807) is 6.07 Å². The van der Waals surface area contributed by atoms with Crippen LogP contribution in [0.1, 0.15) is 17.9 Å². The number of phenols is 1. The van der Waals surface area contributed by atoms with Crippen LogP contribution in [0.5, 0.6) is 5.75 Å². The third-order valence-electron chi connectivity index (χ3n) is 5.52. The third kappa shape index (κ3) is 4.68. The molecule has 1 aliphatic rings. The van der Waals surface area contributed by atoms with Crippen molar-refractivity contribution in [1.29, 1.82) is 0 Å². The van der Waals surface area contributed by atoms with Crippen molar-refractivity contribution in [3.63, 3.8) is 0 Å². The second-order valence-corrected chi connectivity index (χ2v) is 7.74. The molecule has 3 heterocycles. The van der Waals surface area contributed by atoms with Gasteiger partial charge < -0.3 is 46.6 Å². The van der Waals surface area contributed by atoms with E-state index < -0.39 is 37.3 Å². The SMILES string of the molecule is Nc1cc(C(O)CNCCNc2ncnc3c2ncn3[C@@H]2O[C@H](CO)[C@@H](O)[C@H]2O)ccc1O. The zero-order valence-corrected chi connectivity index (χ0v) is 17.6. The number of ether oxygens (including phenoxy) is 1. The topological polar surface area (TPSA) is 204 Å². The van der Waals surface area contributed by atoms with Gasteiger partial charge in [0.2, 0.25) is 0 Å². The molecule has 13 nitrogen and oxygen atoms in total. The number of aliphatic hydroxyl groups is 4. The third-order valence-corrected chi connectivity index (χ3v) is 5.52. The Bertz CT molecular complexity index is 1100. The first-order valence-corrected chi connectivity index (χ1v) is 10.4. The maximum absolute atomic E-state index is 10.3. The molecule has 1 fully saturated rings. The van der Waals surface area contributed by atoms with E-state index in [4.69, 9.17) is 10.5 Å². The number of aromatic nitrogens is 4. The first kappa shape index (κ1) is 23.1. The summed E-state index contributed by atoms with van der Waals surface area (Å²) in [6.45, 7) is 0.832. The number of nitrogen functional groups attached to an aromatic ring is 1. The average molecular weight is 461 g/mol. The molecule has 3 aromatic rings. The van der Waals surface area contributed by atoms with Gasteiger partial charge in [0.25, 0.3) is 0 Å². The minimum atomic E-state index is -1.24. The highest BCUT2D eigenvalue weighted by atomic mass is 16.6. The maximum Gasteiger partial charge on any atom is 0.167 e. The van der Waals surface area contributed by atoms with E-state index in [9.17, 15) is 25.5 Å². The summed E-state index contributed by atoms with van der Waals surface area (Å²) in [6, 6.07) is 4.58. The Morgan fingerprint density at radius 3 is 2.70 bits per heavy atom. The number of hydrogen-bond donors (Lipinski definition) is 8. The van der Waals surface area contributed by atoms with Gasteiger partial charge in [-0.3, -0.25) is 4.57 Å². The Hall–Kier alpha value is -3.07. The average Bonchev–Trinajstić information content (AvgIpc) is 3.36. The first-order valence-electron chi connectivity index (χ1n) is 10.4. The van der Waals surface area contributed by atoms with Crippen LogP contribution in [0.2, 0.25) is 0 Å². The van der Waals surface area contributed by atoms with Crippen LogP contribution in [-0.4, -0.2) is 89.6 Å². The summed E-state index contributed by atoms with van der Waals surface area (Å²) in [7, 11) is 0. The molecule has 9 N–H and O–H groups in total. The smallest absolute Gasteiger partial charge is 0.167 e. The van der Waals surface area contributed by atoms with Crippen LogP contribution in [-0.2, 0) is 4.74 Å². The highest BCUT2D eigenvalue weighted by Gasteiger charge is 2.44. The monoisotopic (exact) mass is 461 g/mol. The Morgan fingerprint density at radius 2 is 1.97 bits per heavy atom. The molecule has 178 valence electrons. The van der Waals surface area contributed by atoms with E-state index in [1.807, 2.05) is 0 Å². The molecule has 0 bridgehead atoms. The lowest BCUT2D eigenvalue weighted by Gasteiger charge is -2.16. The first-order chi connectivity index (χ1) is 15.9. The summed E-state index contributed by atoms with van der Waals surface area (Å²) >= 11 is 0. The number of fused-ring (bicyclic) bond motifs is 1. The summed E-state index contributed by atoms with van der Waals surface area (Å²) in [5.41, 5.74) is 7.31. The number of benzene rings is 1. The number of nitrogens with zero attached hydrogens (tertiary/aromatic N) is 4. The zero-order chi connectivity index (χ0) is 23.5.